The highest BCUT2D eigenvalue weighted by molar-refractivity contribution is 5.85. The standard InChI is InChI=1S/C23H19NO2/c24-22-20(14-17-9-5-2-6-10-17)19-12-11-18(15-21(19)26-23(22)25)13-16-7-3-1-4-8-16/h1-12,15H,13-14,24H2. The zero-order valence-electron chi connectivity index (χ0n) is 14.3. The van der Waals surface area contributed by atoms with E-state index >= 15 is 0 Å². The van der Waals surface area contributed by atoms with Crippen molar-refractivity contribution >= 4 is 16.7 Å². The molecule has 0 spiro atoms. The topological polar surface area (TPSA) is 56.2 Å². The van der Waals surface area contributed by atoms with Gasteiger partial charge in [-0.1, -0.05) is 72.8 Å². The normalized spacial score (nSPS) is 10.9. The molecule has 0 saturated heterocycles. The number of fused-ring (bicyclic) bond motifs is 1. The van der Waals surface area contributed by atoms with Crippen molar-refractivity contribution in [2.45, 2.75) is 12.8 Å². The monoisotopic (exact) mass is 341 g/mol. The summed E-state index contributed by atoms with van der Waals surface area (Å²) in [4.78, 5) is 12.2. The van der Waals surface area contributed by atoms with Crippen LogP contribution in [0, 0.1) is 0 Å². The largest absolute Gasteiger partial charge is 0.421 e. The van der Waals surface area contributed by atoms with Crippen molar-refractivity contribution in [3.63, 3.8) is 0 Å². The molecule has 0 atom stereocenters. The lowest BCUT2D eigenvalue weighted by atomic mass is 9.98. The van der Waals surface area contributed by atoms with Gasteiger partial charge in [0.1, 0.15) is 11.3 Å². The molecule has 2 N–H and O–H groups in total. The molecule has 4 rings (SSSR count). The molecule has 1 aromatic heterocycles. The predicted octanol–water partition coefficient (Wildman–Crippen LogP) is 4.56. The number of rotatable bonds is 4. The zero-order chi connectivity index (χ0) is 17.9. The van der Waals surface area contributed by atoms with Crippen LogP contribution in [0.4, 0.5) is 5.69 Å². The summed E-state index contributed by atoms with van der Waals surface area (Å²) in [6.07, 6.45) is 1.39. The Hall–Kier alpha value is -3.33. The molecular formula is C23H19NO2. The quantitative estimate of drug-likeness (QED) is 0.554. The fourth-order valence-corrected chi connectivity index (χ4v) is 3.26. The molecule has 0 aliphatic rings. The predicted molar refractivity (Wildman–Crippen MR) is 105 cm³/mol. The van der Waals surface area contributed by atoms with E-state index < -0.39 is 5.63 Å². The molecule has 0 fully saturated rings. The maximum atomic E-state index is 12.2. The van der Waals surface area contributed by atoms with Crippen LogP contribution in [-0.4, -0.2) is 0 Å². The Morgan fingerprint density at radius 1 is 0.731 bits per heavy atom. The van der Waals surface area contributed by atoms with Crippen LogP contribution in [0.1, 0.15) is 22.3 Å². The SMILES string of the molecule is Nc1c(Cc2ccccc2)c2ccc(Cc3ccccc3)cc2oc1=O. The van der Waals surface area contributed by atoms with E-state index in [0.29, 0.717) is 12.0 Å². The molecule has 0 radical (unpaired) electrons. The summed E-state index contributed by atoms with van der Waals surface area (Å²) >= 11 is 0. The Bertz CT molecular complexity index is 1100. The fraction of sp³-hybridized carbons (Fsp3) is 0.0870. The van der Waals surface area contributed by atoms with Gasteiger partial charge in [0.05, 0.1) is 0 Å². The van der Waals surface area contributed by atoms with E-state index in [0.717, 1.165) is 28.5 Å². The van der Waals surface area contributed by atoms with Gasteiger partial charge in [0, 0.05) is 11.8 Å². The van der Waals surface area contributed by atoms with Gasteiger partial charge in [-0.15, -0.1) is 0 Å². The Kier molecular flexibility index (Phi) is 4.28. The van der Waals surface area contributed by atoms with Crippen molar-refractivity contribution in [1.82, 2.24) is 0 Å². The Morgan fingerprint density at radius 2 is 1.35 bits per heavy atom. The molecule has 128 valence electrons. The lowest BCUT2D eigenvalue weighted by molar-refractivity contribution is 0.562. The average molecular weight is 341 g/mol. The first-order valence-electron chi connectivity index (χ1n) is 8.62. The molecule has 0 aliphatic carbocycles. The van der Waals surface area contributed by atoms with Gasteiger partial charge in [-0.3, -0.25) is 0 Å². The van der Waals surface area contributed by atoms with E-state index in [9.17, 15) is 4.79 Å². The summed E-state index contributed by atoms with van der Waals surface area (Å²) in [6, 6.07) is 26.2. The minimum atomic E-state index is -0.472. The second-order valence-corrected chi connectivity index (χ2v) is 6.44. The number of anilines is 1. The average Bonchev–Trinajstić information content (AvgIpc) is 2.67. The molecule has 0 unspecified atom stereocenters. The van der Waals surface area contributed by atoms with Gasteiger partial charge >= 0.3 is 5.63 Å². The number of nitrogen functional groups attached to an aromatic ring is 1. The van der Waals surface area contributed by atoms with Crippen LogP contribution in [0.2, 0.25) is 0 Å². The molecular weight excluding hydrogens is 322 g/mol. The molecule has 0 saturated carbocycles. The summed E-state index contributed by atoms with van der Waals surface area (Å²) in [5, 5.41) is 0.891. The third-order valence-corrected chi connectivity index (χ3v) is 4.59. The molecule has 0 amide bonds. The van der Waals surface area contributed by atoms with E-state index in [-0.39, 0.29) is 5.69 Å². The first-order valence-corrected chi connectivity index (χ1v) is 8.62. The fourth-order valence-electron chi connectivity index (χ4n) is 3.26. The lowest BCUT2D eigenvalue weighted by Gasteiger charge is -2.10. The van der Waals surface area contributed by atoms with Gasteiger partial charge in [-0.25, -0.2) is 4.79 Å². The zero-order valence-corrected chi connectivity index (χ0v) is 14.3. The van der Waals surface area contributed by atoms with E-state index in [4.69, 9.17) is 10.2 Å². The Morgan fingerprint density at radius 3 is 2.00 bits per heavy atom. The molecule has 26 heavy (non-hydrogen) atoms. The molecule has 1 heterocycles. The number of benzene rings is 3. The second-order valence-electron chi connectivity index (χ2n) is 6.44. The maximum absolute atomic E-state index is 12.2. The summed E-state index contributed by atoms with van der Waals surface area (Å²) in [5.41, 5.74) is 10.6. The van der Waals surface area contributed by atoms with Crippen molar-refractivity contribution in [3.8, 4) is 0 Å². The highest BCUT2D eigenvalue weighted by Gasteiger charge is 2.13. The summed E-state index contributed by atoms with van der Waals surface area (Å²) in [7, 11) is 0. The van der Waals surface area contributed by atoms with Crippen LogP contribution >= 0.6 is 0 Å². The van der Waals surface area contributed by atoms with Gasteiger partial charge in [0.25, 0.3) is 0 Å². The van der Waals surface area contributed by atoms with Gasteiger partial charge < -0.3 is 10.2 Å². The van der Waals surface area contributed by atoms with E-state index in [1.54, 1.807) is 0 Å². The van der Waals surface area contributed by atoms with Gasteiger partial charge in [-0.2, -0.15) is 0 Å². The van der Waals surface area contributed by atoms with E-state index in [2.05, 4.69) is 18.2 Å². The van der Waals surface area contributed by atoms with Crippen molar-refractivity contribution < 1.29 is 4.42 Å². The van der Waals surface area contributed by atoms with Crippen LogP contribution in [0.15, 0.2) is 88.1 Å². The van der Waals surface area contributed by atoms with Crippen molar-refractivity contribution in [2.24, 2.45) is 0 Å². The summed E-state index contributed by atoms with van der Waals surface area (Å²) in [6.45, 7) is 0. The number of hydrogen-bond acceptors (Lipinski definition) is 3. The lowest BCUT2D eigenvalue weighted by Crippen LogP contribution is -2.11. The van der Waals surface area contributed by atoms with Gasteiger partial charge in [0.15, 0.2) is 0 Å². The third-order valence-electron chi connectivity index (χ3n) is 4.59. The number of nitrogens with two attached hydrogens (primary N) is 1. The molecule has 3 nitrogen and oxygen atoms in total. The van der Waals surface area contributed by atoms with Gasteiger partial charge in [0.2, 0.25) is 0 Å². The van der Waals surface area contributed by atoms with E-state index in [1.165, 1.54) is 5.56 Å². The first kappa shape index (κ1) is 16.2. The van der Waals surface area contributed by atoms with Gasteiger partial charge in [-0.05, 0) is 34.7 Å². The third kappa shape index (κ3) is 3.24. The van der Waals surface area contributed by atoms with E-state index in [1.807, 2.05) is 60.7 Å². The molecule has 0 bridgehead atoms. The summed E-state index contributed by atoms with van der Waals surface area (Å²) < 4.78 is 5.47. The van der Waals surface area contributed by atoms with Crippen LogP contribution in [0.3, 0.4) is 0 Å². The van der Waals surface area contributed by atoms with Crippen molar-refractivity contribution in [3.05, 3.63) is 112 Å². The van der Waals surface area contributed by atoms with Crippen LogP contribution < -0.4 is 11.4 Å². The van der Waals surface area contributed by atoms with Crippen LogP contribution in [0.25, 0.3) is 11.0 Å². The molecule has 0 aliphatic heterocycles. The molecule has 3 heteroatoms. The van der Waals surface area contributed by atoms with Crippen LogP contribution in [-0.2, 0) is 12.8 Å². The smallest absolute Gasteiger partial charge is 0.359 e. The maximum Gasteiger partial charge on any atom is 0.359 e. The highest BCUT2D eigenvalue weighted by Crippen LogP contribution is 2.26. The minimum absolute atomic E-state index is 0.192. The molecule has 3 aromatic carbocycles. The Labute approximate surface area is 151 Å². The minimum Gasteiger partial charge on any atom is -0.421 e. The Balaban J connectivity index is 1.77. The van der Waals surface area contributed by atoms with Crippen molar-refractivity contribution in [2.75, 3.05) is 5.73 Å². The van der Waals surface area contributed by atoms with Crippen LogP contribution in [0.5, 0.6) is 0 Å². The summed E-state index contributed by atoms with van der Waals surface area (Å²) in [5.74, 6) is 0. The molecule has 4 aromatic rings. The first-order chi connectivity index (χ1) is 12.7. The number of hydrogen-bond donors (Lipinski definition) is 1. The second kappa shape index (κ2) is 6.89. The highest BCUT2D eigenvalue weighted by atomic mass is 16.4. The van der Waals surface area contributed by atoms with Crippen molar-refractivity contribution in [1.29, 1.82) is 0 Å².